The number of rotatable bonds is 6. The van der Waals surface area contributed by atoms with Gasteiger partial charge in [0, 0.05) is 34.5 Å². The number of nitrogens with zero attached hydrogens (tertiary/aromatic N) is 2. The van der Waals surface area contributed by atoms with Crippen LogP contribution in [0.2, 0.25) is 0 Å². The van der Waals surface area contributed by atoms with Crippen molar-refractivity contribution < 1.29 is 19.6 Å². The van der Waals surface area contributed by atoms with Crippen LogP contribution in [-0.4, -0.2) is 28.1 Å². The maximum atomic E-state index is 12.3. The number of aromatic hydroxyl groups is 1. The average molecular weight is 418 g/mol. The zero-order valence-electron chi connectivity index (χ0n) is 16.4. The number of amides is 2. The van der Waals surface area contributed by atoms with E-state index in [4.69, 9.17) is 0 Å². The van der Waals surface area contributed by atoms with E-state index in [-0.39, 0.29) is 28.5 Å². The van der Waals surface area contributed by atoms with E-state index in [0.717, 1.165) is 23.9 Å². The molecule has 31 heavy (non-hydrogen) atoms. The molecule has 0 saturated carbocycles. The van der Waals surface area contributed by atoms with Crippen molar-refractivity contribution in [3.05, 3.63) is 99.1 Å². The summed E-state index contributed by atoms with van der Waals surface area (Å²) in [4.78, 5) is 34.7. The topological polar surface area (TPSA) is 134 Å². The van der Waals surface area contributed by atoms with Gasteiger partial charge in [0.15, 0.2) is 0 Å². The molecule has 3 aromatic rings. The van der Waals surface area contributed by atoms with Gasteiger partial charge in [0.2, 0.25) is 0 Å². The summed E-state index contributed by atoms with van der Waals surface area (Å²) in [6.45, 7) is 1.90. The highest BCUT2D eigenvalue weighted by Gasteiger charge is 2.10. The molecule has 3 rings (SSSR count). The number of carbonyl (C=O) groups excluding carboxylic acids is 2. The lowest BCUT2D eigenvalue weighted by molar-refractivity contribution is -0.384. The summed E-state index contributed by atoms with van der Waals surface area (Å²) in [5.74, 6) is -1.00. The number of nitro benzene ring substituents is 1. The van der Waals surface area contributed by atoms with Crippen molar-refractivity contribution in [3.8, 4) is 5.75 Å². The van der Waals surface area contributed by atoms with Crippen molar-refractivity contribution in [1.82, 2.24) is 5.43 Å². The van der Waals surface area contributed by atoms with E-state index < -0.39 is 10.8 Å². The number of hydrogen-bond acceptors (Lipinski definition) is 6. The monoisotopic (exact) mass is 418 g/mol. The Morgan fingerprint density at radius 1 is 1.00 bits per heavy atom. The fourth-order valence-electron chi connectivity index (χ4n) is 2.68. The number of hydrazone groups is 1. The number of nitro groups is 1. The van der Waals surface area contributed by atoms with Gasteiger partial charge in [-0.05, 0) is 49.4 Å². The van der Waals surface area contributed by atoms with Gasteiger partial charge in [-0.1, -0.05) is 17.7 Å². The Morgan fingerprint density at radius 3 is 2.42 bits per heavy atom. The Morgan fingerprint density at radius 2 is 1.74 bits per heavy atom. The summed E-state index contributed by atoms with van der Waals surface area (Å²) in [7, 11) is 0. The molecule has 0 aliphatic rings. The molecule has 3 aromatic carbocycles. The molecule has 0 heterocycles. The third-order valence-corrected chi connectivity index (χ3v) is 4.28. The van der Waals surface area contributed by atoms with E-state index in [0.29, 0.717) is 11.3 Å². The van der Waals surface area contributed by atoms with E-state index in [9.17, 15) is 24.8 Å². The molecular weight excluding hydrogens is 400 g/mol. The normalized spacial score (nSPS) is 10.6. The van der Waals surface area contributed by atoms with E-state index in [1.165, 1.54) is 18.2 Å². The summed E-state index contributed by atoms with van der Waals surface area (Å²) in [5.41, 5.74) is 4.46. The second-order valence-electron chi connectivity index (χ2n) is 6.60. The van der Waals surface area contributed by atoms with Crippen LogP contribution >= 0.6 is 0 Å². The van der Waals surface area contributed by atoms with Crippen molar-refractivity contribution in [2.45, 2.75) is 6.92 Å². The number of non-ortho nitro benzene ring substituents is 1. The first-order valence-corrected chi connectivity index (χ1v) is 9.12. The van der Waals surface area contributed by atoms with E-state index >= 15 is 0 Å². The maximum Gasteiger partial charge on any atom is 0.271 e. The van der Waals surface area contributed by atoms with Crippen LogP contribution in [-0.2, 0) is 0 Å². The molecule has 9 heteroatoms. The number of nitrogens with one attached hydrogen (secondary N) is 2. The highest BCUT2D eigenvalue weighted by Crippen LogP contribution is 2.21. The SMILES string of the molecule is Cc1cccc(C(=O)Nc2ccc(C(=O)N/N=C/c3cc([N+](=O)[O-])ccc3O)cc2)c1. The van der Waals surface area contributed by atoms with Crippen molar-refractivity contribution in [3.63, 3.8) is 0 Å². The van der Waals surface area contributed by atoms with Crippen LogP contribution in [0.1, 0.15) is 31.8 Å². The Kier molecular flexibility index (Phi) is 6.36. The lowest BCUT2D eigenvalue weighted by Crippen LogP contribution is -2.18. The summed E-state index contributed by atoms with van der Waals surface area (Å²) < 4.78 is 0. The number of hydrogen-bond donors (Lipinski definition) is 3. The minimum Gasteiger partial charge on any atom is -0.507 e. The molecule has 0 atom stereocenters. The van der Waals surface area contributed by atoms with Crippen LogP contribution in [0, 0.1) is 17.0 Å². The predicted octanol–water partition coefficient (Wildman–Crippen LogP) is 3.63. The Bertz CT molecular complexity index is 1170. The fourth-order valence-corrected chi connectivity index (χ4v) is 2.68. The van der Waals surface area contributed by atoms with Gasteiger partial charge in [0.25, 0.3) is 17.5 Å². The molecule has 0 bridgehead atoms. The molecule has 0 fully saturated rings. The van der Waals surface area contributed by atoms with Gasteiger partial charge in [-0.25, -0.2) is 5.43 Å². The van der Waals surface area contributed by atoms with Gasteiger partial charge >= 0.3 is 0 Å². The molecule has 0 aliphatic carbocycles. The lowest BCUT2D eigenvalue weighted by atomic mass is 10.1. The van der Waals surface area contributed by atoms with Crippen LogP contribution in [0.25, 0.3) is 0 Å². The zero-order chi connectivity index (χ0) is 22.4. The lowest BCUT2D eigenvalue weighted by Gasteiger charge is -2.07. The summed E-state index contributed by atoms with van der Waals surface area (Å²) in [6.07, 6.45) is 1.11. The van der Waals surface area contributed by atoms with Crippen LogP contribution in [0.5, 0.6) is 5.75 Å². The van der Waals surface area contributed by atoms with Crippen molar-refractivity contribution in [2.24, 2.45) is 5.10 Å². The largest absolute Gasteiger partial charge is 0.507 e. The molecule has 156 valence electrons. The standard InChI is InChI=1S/C22H18N4O5/c1-14-3-2-4-16(11-14)21(28)24-18-7-5-15(6-8-18)22(29)25-23-13-17-12-19(26(30)31)9-10-20(17)27/h2-13,27H,1H3,(H,24,28)(H,25,29)/b23-13+. The summed E-state index contributed by atoms with van der Waals surface area (Å²) in [6, 6.07) is 16.8. The molecule has 0 saturated heterocycles. The van der Waals surface area contributed by atoms with Crippen LogP contribution < -0.4 is 10.7 Å². The molecule has 0 spiro atoms. The number of aryl methyl sites for hydroxylation is 1. The quantitative estimate of drug-likeness (QED) is 0.319. The van der Waals surface area contributed by atoms with Crippen molar-refractivity contribution in [1.29, 1.82) is 0 Å². The fraction of sp³-hybridized carbons (Fsp3) is 0.0455. The van der Waals surface area contributed by atoms with Gasteiger partial charge < -0.3 is 10.4 Å². The second kappa shape index (κ2) is 9.31. The summed E-state index contributed by atoms with van der Waals surface area (Å²) in [5, 5.41) is 27.0. The predicted molar refractivity (Wildman–Crippen MR) is 115 cm³/mol. The average Bonchev–Trinajstić information content (AvgIpc) is 2.75. The van der Waals surface area contributed by atoms with E-state index in [2.05, 4.69) is 15.8 Å². The minimum absolute atomic E-state index is 0.0868. The molecule has 0 radical (unpaired) electrons. The van der Waals surface area contributed by atoms with Gasteiger partial charge in [-0.2, -0.15) is 5.10 Å². The van der Waals surface area contributed by atoms with E-state index in [1.807, 2.05) is 13.0 Å². The number of benzene rings is 3. The molecular formula is C22H18N4O5. The maximum absolute atomic E-state index is 12.3. The smallest absolute Gasteiger partial charge is 0.271 e. The Balaban J connectivity index is 1.62. The van der Waals surface area contributed by atoms with Gasteiger partial charge in [-0.15, -0.1) is 0 Å². The van der Waals surface area contributed by atoms with Gasteiger partial charge in [0.05, 0.1) is 11.1 Å². The first-order chi connectivity index (χ1) is 14.8. The zero-order valence-corrected chi connectivity index (χ0v) is 16.4. The highest BCUT2D eigenvalue weighted by atomic mass is 16.6. The number of carbonyl (C=O) groups is 2. The number of phenols is 1. The van der Waals surface area contributed by atoms with Crippen LogP contribution in [0.3, 0.4) is 0 Å². The highest BCUT2D eigenvalue weighted by molar-refractivity contribution is 6.04. The molecule has 0 aliphatic heterocycles. The van der Waals surface area contributed by atoms with Gasteiger partial charge in [0.1, 0.15) is 5.75 Å². The molecule has 0 unspecified atom stereocenters. The Labute approximate surface area is 177 Å². The van der Waals surface area contributed by atoms with Gasteiger partial charge in [-0.3, -0.25) is 19.7 Å². The van der Waals surface area contributed by atoms with Crippen LogP contribution in [0.15, 0.2) is 71.8 Å². The first-order valence-electron chi connectivity index (χ1n) is 9.12. The first kappa shape index (κ1) is 21.2. The molecule has 2 amide bonds. The third-order valence-electron chi connectivity index (χ3n) is 4.28. The summed E-state index contributed by atoms with van der Waals surface area (Å²) >= 11 is 0. The Hall–Kier alpha value is -4.53. The van der Waals surface area contributed by atoms with E-state index in [1.54, 1.807) is 30.3 Å². The molecule has 3 N–H and O–H groups in total. The second-order valence-corrected chi connectivity index (χ2v) is 6.60. The molecule has 9 nitrogen and oxygen atoms in total. The minimum atomic E-state index is -0.603. The van der Waals surface area contributed by atoms with Crippen molar-refractivity contribution in [2.75, 3.05) is 5.32 Å². The van der Waals surface area contributed by atoms with Crippen molar-refractivity contribution >= 4 is 29.4 Å². The van der Waals surface area contributed by atoms with Crippen LogP contribution in [0.4, 0.5) is 11.4 Å². The third kappa shape index (κ3) is 5.51. The number of phenolic OH excluding ortho intramolecular Hbond substituents is 1. The number of anilines is 1. The molecule has 0 aromatic heterocycles.